The van der Waals surface area contributed by atoms with Gasteiger partial charge in [-0.05, 0) is 164 Å². The second-order valence-electron chi connectivity index (χ2n) is 23.2. The Bertz CT molecular complexity index is 4810. The lowest BCUT2D eigenvalue weighted by Gasteiger charge is -2.33. The summed E-state index contributed by atoms with van der Waals surface area (Å²) in [7, 11) is 0. The Morgan fingerprint density at radius 2 is 0.645 bits per heavy atom. The summed E-state index contributed by atoms with van der Waals surface area (Å²) in [6.45, 7) is 14.1. The summed E-state index contributed by atoms with van der Waals surface area (Å²) < 4.78 is 0. The van der Waals surface area contributed by atoms with Gasteiger partial charge in [0, 0.05) is 43.7 Å². The van der Waals surface area contributed by atoms with Gasteiger partial charge in [0.15, 0.2) is 0 Å². The van der Waals surface area contributed by atoms with E-state index in [1.54, 1.807) is 0 Å². The zero-order valence-corrected chi connectivity index (χ0v) is 43.8. The Morgan fingerprint density at radius 1 is 0.237 bits per heavy atom. The fourth-order valence-corrected chi connectivity index (χ4v) is 13.0. The van der Waals surface area contributed by atoms with Crippen molar-refractivity contribution in [2.75, 3.05) is 9.80 Å². The molecule has 0 saturated heterocycles. The van der Waals surface area contributed by atoms with Gasteiger partial charge in [0.05, 0.1) is 22.7 Å². The van der Waals surface area contributed by atoms with Crippen LogP contribution in [0.15, 0.2) is 231 Å². The topological polar surface area (TPSA) is 6.48 Å². The van der Waals surface area contributed by atoms with Crippen molar-refractivity contribution in [3.8, 4) is 0 Å². The second kappa shape index (κ2) is 16.3. The lowest BCUT2D eigenvalue weighted by atomic mass is 9.82. The first kappa shape index (κ1) is 44.5. The molecule has 0 heterocycles. The maximum Gasteiger partial charge on any atom is 0.0626 e. The fourth-order valence-electron chi connectivity index (χ4n) is 13.0. The van der Waals surface area contributed by atoms with E-state index in [1.807, 2.05) is 0 Å². The summed E-state index contributed by atoms with van der Waals surface area (Å²) >= 11 is 0. The highest BCUT2D eigenvalue weighted by atomic mass is 15.2. The molecule has 0 aliphatic rings. The molecular formula is C74H56N2. The number of rotatable bonds is 6. The molecule has 0 amide bonds. The Kier molecular flexibility index (Phi) is 9.52. The standard InChI is InChI=1S/C74H56N2/c1-73(2,3)49-38-48-39-50(74(4,5)6)42-61-59-44-63-62(43-58(59)60(41-49)67(48)61)71(75(51-27-9-7-10-28-51)65-36-19-25-45-22-13-17-32-54(45)65)69-57-35-21-34-56-53-31-16-15-24-47(53)40-64(68(56)57)70(69)72(63)76(52-29-11-8-12-30-52)66-37-20-26-46-23-14-18-33-55(46)66/h7-44H,1-6H3. The molecular weight excluding hydrogens is 917 g/mol. The summed E-state index contributed by atoms with van der Waals surface area (Å²) in [6.07, 6.45) is 0. The van der Waals surface area contributed by atoms with E-state index < -0.39 is 0 Å². The first-order chi connectivity index (χ1) is 37.0. The third-order valence-electron chi connectivity index (χ3n) is 16.7. The van der Waals surface area contributed by atoms with E-state index in [2.05, 4.69) is 282 Å². The largest absolute Gasteiger partial charge is 0.309 e. The molecule has 0 bridgehead atoms. The van der Waals surface area contributed by atoms with E-state index >= 15 is 0 Å². The van der Waals surface area contributed by atoms with Crippen LogP contribution >= 0.6 is 0 Å². The van der Waals surface area contributed by atoms with Crippen molar-refractivity contribution >= 4 is 142 Å². The van der Waals surface area contributed by atoms with Gasteiger partial charge in [-0.25, -0.2) is 0 Å². The molecule has 76 heavy (non-hydrogen) atoms. The number of hydrogen-bond donors (Lipinski definition) is 0. The molecule has 0 aliphatic heterocycles. The average molecular weight is 973 g/mol. The molecule has 0 spiro atoms. The monoisotopic (exact) mass is 972 g/mol. The summed E-state index contributed by atoms with van der Waals surface area (Å²) in [5, 5.41) is 25.0. The molecule has 2 nitrogen and oxygen atoms in total. The highest BCUT2D eigenvalue weighted by molar-refractivity contribution is 6.45. The van der Waals surface area contributed by atoms with E-state index in [0.717, 1.165) is 22.7 Å². The van der Waals surface area contributed by atoms with Crippen LogP contribution in [-0.2, 0) is 10.8 Å². The molecule has 0 N–H and O–H groups in total. The minimum atomic E-state index is -0.0678. The predicted molar refractivity (Wildman–Crippen MR) is 331 cm³/mol. The molecule has 0 unspecified atom stereocenters. The van der Waals surface area contributed by atoms with Gasteiger partial charge in [-0.15, -0.1) is 0 Å². The van der Waals surface area contributed by atoms with E-state index in [4.69, 9.17) is 0 Å². The number of hydrogen-bond acceptors (Lipinski definition) is 2. The van der Waals surface area contributed by atoms with Crippen molar-refractivity contribution in [2.45, 2.75) is 52.4 Å². The van der Waals surface area contributed by atoms with Crippen LogP contribution in [0, 0.1) is 0 Å². The summed E-state index contributed by atoms with van der Waals surface area (Å²) in [4.78, 5) is 5.22. The van der Waals surface area contributed by atoms with Crippen LogP contribution in [0.3, 0.4) is 0 Å². The van der Waals surface area contributed by atoms with Crippen molar-refractivity contribution in [1.29, 1.82) is 0 Å². The molecule has 0 saturated carbocycles. The SMILES string of the molecule is CC(C)(C)c1cc2cc(C(C)(C)C)cc3c4cc5c(N(c6ccccc6)c6cccc7ccccc67)c6c7cc8ccccc8c8cccc(c6c(N(c6ccccc6)c6cccc9ccccc69)c5cc4c(c1)c23)c87. The van der Waals surface area contributed by atoms with Gasteiger partial charge in [-0.1, -0.05) is 205 Å². The zero-order valence-electron chi connectivity index (χ0n) is 43.8. The first-order valence-corrected chi connectivity index (χ1v) is 26.9. The van der Waals surface area contributed by atoms with Crippen molar-refractivity contribution in [3.05, 3.63) is 242 Å². The van der Waals surface area contributed by atoms with Crippen molar-refractivity contribution in [2.24, 2.45) is 0 Å². The van der Waals surface area contributed by atoms with Gasteiger partial charge in [0.1, 0.15) is 0 Å². The van der Waals surface area contributed by atoms with Crippen LogP contribution in [0.5, 0.6) is 0 Å². The number of anilines is 6. The first-order valence-electron chi connectivity index (χ1n) is 26.9. The molecule has 15 aromatic carbocycles. The highest BCUT2D eigenvalue weighted by Crippen LogP contribution is 2.59. The molecule has 15 aromatic rings. The Labute approximate surface area is 443 Å². The van der Waals surface area contributed by atoms with Crippen LogP contribution in [0.2, 0.25) is 0 Å². The molecule has 2 heteroatoms. The lowest BCUT2D eigenvalue weighted by Crippen LogP contribution is -2.14. The normalized spacial score (nSPS) is 12.6. The quantitative estimate of drug-likeness (QED) is 0.121. The molecule has 0 fully saturated rings. The van der Waals surface area contributed by atoms with Gasteiger partial charge in [0.2, 0.25) is 0 Å². The zero-order chi connectivity index (χ0) is 51.2. The van der Waals surface area contributed by atoms with E-state index in [1.165, 1.54) is 130 Å². The predicted octanol–water partition coefficient (Wildman–Crippen LogP) is 21.6. The maximum absolute atomic E-state index is 2.61. The smallest absolute Gasteiger partial charge is 0.0626 e. The van der Waals surface area contributed by atoms with Crippen LogP contribution in [-0.4, -0.2) is 0 Å². The van der Waals surface area contributed by atoms with Gasteiger partial charge in [-0.3, -0.25) is 0 Å². The Morgan fingerprint density at radius 3 is 1.16 bits per heavy atom. The molecule has 15 rings (SSSR count). The van der Waals surface area contributed by atoms with Crippen molar-refractivity contribution in [3.63, 3.8) is 0 Å². The second-order valence-corrected chi connectivity index (χ2v) is 23.2. The van der Waals surface area contributed by atoms with E-state index in [-0.39, 0.29) is 10.8 Å². The van der Waals surface area contributed by atoms with Crippen LogP contribution < -0.4 is 9.80 Å². The lowest BCUT2D eigenvalue weighted by molar-refractivity contribution is 0.590. The van der Waals surface area contributed by atoms with Crippen molar-refractivity contribution in [1.82, 2.24) is 0 Å². The minimum absolute atomic E-state index is 0.0670. The van der Waals surface area contributed by atoms with Crippen LogP contribution in [0.25, 0.3) is 108 Å². The average Bonchev–Trinajstić information content (AvgIpc) is 4.14. The van der Waals surface area contributed by atoms with Crippen molar-refractivity contribution < 1.29 is 0 Å². The van der Waals surface area contributed by atoms with Crippen LogP contribution in [0.1, 0.15) is 52.7 Å². The minimum Gasteiger partial charge on any atom is -0.309 e. The number of fused-ring (bicyclic) bond motifs is 11. The molecule has 0 aliphatic carbocycles. The third-order valence-corrected chi connectivity index (χ3v) is 16.7. The van der Waals surface area contributed by atoms with Gasteiger partial charge in [0.25, 0.3) is 0 Å². The van der Waals surface area contributed by atoms with Gasteiger partial charge in [-0.2, -0.15) is 0 Å². The van der Waals surface area contributed by atoms with E-state index in [0.29, 0.717) is 0 Å². The number of benzene rings is 13. The molecule has 0 aromatic heterocycles. The highest BCUT2D eigenvalue weighted by Gasteiger charge is 2.32. The van der Waals surface area contributed by atoms with Gasteiger partial charge >= 0.3 is 0 Å². The molecule has 362 valence electrons. The summed E-state index contributed by atoms with van der Waals surface area (Å²) in [5.74, 6) is 0. The Hall–Kier alpha value is -8.98. The Balaban J connectivity index is 1.26. The van der Waals surface area contributed by atoms with Gasteiger partial charge < -0.3 is 9.80 Å². The maximum atomic E-state index is 2.61. The van der Waals surface area contributed by atoms with E-state index in [9.17, 15) is 0 Å². The van der Waals surface area contributed by atoms with Crippen LogP contribution in [0.4, 0.5) is 34.1 Å². The summed E-state index contributed by atoms with van der Waals surface area (Å²) in [5.41, 5.74) is 9.38. The number of nitrogens with zero attached hydrogens (tertiary/aromatic N) is 2. The number of para-hydroxylation sites is 2. The molecule has 0 radical (unpaired) electrons. The third kappa shape index (κ3) is 6.53. The molecule has 0 atom stereocenters. The fraction of sp³-hybridized carbons (Fsp3) is 0.108. The summed E-state index contributed by atoms with van der Waals surface area (Å²) in [6, 6.07) is 87.4.